The van der Waals surface area contributed by atoms with Gasteiger partial charge in [0, 0.05) is 18.2 Å². The molecule has 0 unspecified atom stereocenters. The third-order valence-electron chi connectivity index (χ3n) is 5.06. The summed E-state index contributed by atoms with van der Waals surface area (Å²) in [5.41, 5.74) is 4.06. The summed E-state index contributed by atoms with van der Waals surface area (Å²) in [6, 6.07) is 8.58. The van der Waals surface area contributed by atoms with Crippen molar-refractivity contribution in [3.05, 3.63) is 35.4 Å². The fourth-order valence-corrected chi connectivity index (χ4v) is 4.05. The Hall–Kier alpha value is -1.39. The molecule has 1 saturated heterocycles. The molecule has 1 amide bonds. The van der Waals surface area contributed by atoms with Gasteiger partial charge in [0.25, 0.3) is 5.91 Å². The molecule has 0 spiro atoms. The van der Waals surface area contributed by atoms with E-state index in [1.54, 1.807) is 0 Å². The molecule has 1 aliphatic carbocycles. The quantitative estimate of drug-likeness (QED) is 0.510. The van der Waals surface area contributed by atoms with Crippen LogP contribution in [0, 0.1) is 5.92 Å². The molecule has 0 bridgehead atoms. The van der Waals surface area contributed by atoms with Crippen LogP contribution in [-0.4, -0.2) is 23.4 Å². The number of hydrogen-bond acceptors (Lipinski definition) is 3. The number of nitrogen functional groups attached to an aromatic ring is 1. The second-order valence-electron chi connectivity index (χ2n) is 6.40. The van der Waals surface area contributed by atoms with Gasteiger partial charge in [0.2, 0.25) is 0 Å². The average molecular weight is 287 g/mol. The molecule has 0 radical (unpaired) electrons. The van der Waals surface area contributed by atoms with Crippen molar-refractivity contribution < 1.29 is 4.79 Å². The van der Waals surface area contributed by atoms with Gasteiger partial charge in [-0.2, -0.15) is 0 Å². The summed E-state index contributed by atoms with van der Waals surface area (Å²) in [6.45, 7) is 2.14. The van der Waals surface area contributed by atoms with Crippen LogP contribution in [0.5, 0.6) is 0 Å². The van der Waals surface area contributed by atoms with E-state index in [0.717, 1.165) is 18.5 Å². The fourth-order valence-electron chi connectivity index (χ4n) is 4.05. The van der Waals surface area contributed by atoms with Gasteiger partial charge in [-0.1, -0.05) is 25.0 Å². The maximum atomic E-state index is 11.6. The summed E-state index contributed by atoms with van der Waals surface area (Å²) in [5.74, 6) is 5.89. The number of nitrogens with two attached hydrogens (primary N) is 1. The summed E-state index contributed by atoms with van der Waals surface area (Å²) in [4.78, 5) is 14.3. The minimum absolute atomic E-state index is 0.217. The SMILES string of the molecule is NNC(=O)c1cccc(CN2CCC[C@H]3CCCC[C@H]32)c1. The highest BCUT2D eigenvalue weighted by Crippen LogP contribution is 2.35. The predicted octanol–water partition coefficient (Wildman–Crippen LogP) is 2.44. The van der Waals surface area contributed by atoms with Gasteiger partial charge in [0.05, 0.1) is 0 Å². The van der Waals surface area contributed by atoms with Gasteiger partial charge in [0.1, 0.15) is 0 Å². The molecule has 4 heteroatoms. The zero-order valence-corrected chi connectivity index (χ0v) is 12.6. The summed E-state index contributed by atoms with van der Waals surface area (Å²) in [6.07, 6.45) is 8.22. The highest BCUT2D eigenvalue weighted by molar-refractivity contribution is 5.93. The van der Waals surface area contributed by atoms with Crippen LogP contribution < -0.4 is 11.3 Å². The number of nitrogens with zero attached hydrogens (tertiary/aromatic N) is 1. The van der Waals surface area contributed by atoms with Gasteiger partial charge >= 0.3 is 0 Å². The summed E-state index contributed by atoms with van der Waals surface area (Å²) in [7, 11) is 0. The second-order valence-corrected chi connectivity index (χ2v) is 6.40. The van der Waals surface area contributed by atoms with Crippen molar-refractivity contribution in [2.75, 3.05) is 6.54 Å². The first kappa shape index (κ1) is 14.5. The van der Waals surface area contributed by atoms with Crippen molar-refractivity contribution in [1.29, 1.82) is 0 Å². The molecule has 2 fully saturated rings. The first-order chi connectivity index (χ1) is 10.3. The monoisotopic (exact) mass is 287 g/mol. The molecule has 4 nitrogen and oxygen atoms in total. The molecular formula is C17H25N3O. The van der Waals surface area contributed by atoms with E-state index in [1.165, 1.54) is 50.6 Å². The van der Waals surface area contributed by atoms with Crippen molar-refractivity contribution in [2.45, 2.75) is 51.1 Å². The van der Waals surface area contributed by atoms with Crippen molar-refractivity contribution in [2.24, 2.45) is 11.8 Å². The Bertz CT molecular complexity index is 501. The largest absolute Gasteiger partial charge is 0.296 e. The average Bonchev–Trinajstić information content (AvgIpc) is 2.55. The molecule has 114 valence electrons. The number of rotatable bonds is 3. The smallest absolute Gasteiger partial charge is 0.265 e. The maximum absolute atomic E-state index is 11.6. The summed E-state index contributed by atoms with van der Waals surface area (Å²) < 4.78 is 0. The second kappa shape index (κ2) is 6.58. The molecule has 1 aliphatic heterocycles. The van der Waals surface area contributed by atoms with Crippen molar-refractivity contribution in [3.63, 3.8) is 0 Å². The molecule has 3 N–H and O–H groups in total. The van der Waals surface area contributed by atoms with Crippen LogP contribution in [0.15, 0.2) is 24.3 Å². The number of hydrogen-bond donors (Lipinski definition) is 2. The number of nitrogens with one attached hydrogen (secondary N) is 1. The number of piperidine rings is 1. The first-order valence-electron chi connectivity index (χ1n) is 8.12. The zero-order chi connectivity index (χ0) is 14.7. The molecule has 1 aromatic carbocycles. The van der Waals surface area contributed by atoms with Crippen molar-refractivity contribution >= 4 is 5.91 Å². The van der Waals surface area contributed by atoms with E-state index in [0.29, 0.717) is 5.56 Å². The van der Waals surface area contributed by atoms with Gasteiger partial charge in [-0.05, 0) is 55.8 Å². The molecule has 2 atom stereocenters. The van der Waals surface area contributed by atoms with Crippen molar-refractivity contribution in [1.82, 2.24) is 10.3 Å². The lowest BCUT2D eigenvalue weighted by Crippen LogP contribution is -2.46. The third-order valence-corrected chi connectivity index (χ3v) is 5.06. The Morgan fingerprint density at radius 2 is 2.05 bits per heavy atom. The maximum Gasteiger partial charge on any atom is 0.265 e. The molecule has 1 heterocycles. The van der Waals surface area contributed by atoms with Gasteiger partial charge in [-0.3, -0.25) is 15.1 Å². The molecule has 21 heavy (non-hydrogen) atoms. The highest BCUT2D eigenvalue weighted by atomic mass is 16.2. The van der Waals surface area contributed by atoms with E-state index < -0.39 is 0 Å². The van der Waals surface area contributed by atoms with Crippen molar-refractivity contribution in [3.8, 4) is 0 Å². The number of fused-ring (bicyclic) bond motifs is 1. The highest BCUT2D eigenvalue weighted by Gasteiger charge is 2.32. The van der Waals surface area contributed by atoms with E-state index in [4.69, 9.17) is 5.84 Å². The Morgan fingerprint density at radius 3 is 2.90 bits per heavy atom. The van der Waals surface area contributed by atoms with Crippen LogP contribution in [0.3, 0.4) is 0 Å². The minimum atomic E-state index is -0.217. The van der Waals surface area contributed by atoms with Gasteiger partial charge < -0.3 is 0 Å². The summed E-state index contributed by atoms with van der Waals surface area (Å²) in [5, 5.41) is 0. The Balaban J connectivity index is 1.71. The molecule has 2 aliphatic rings. The fraction of sp³-hybridized carbons (Fsp3) is 0.588. The Labute approximate surface area is 126 Å². The standard InChI is InChI=1S/C17H25N3O/c18-19-17(21)15-7-3-5-13(11-15)12-20-10-4-8-14-6-1-2-9-16(14)20/h3,5,7,11,14,16H,1-2,4,6,8-10,12,18H2,(H,19,21)/t14-,16-/m1/s1. The summed E-state index contributed by atoms with van der Waals surface area (Å²) >= 11 is 0. The van der Waals surface area contributed by atoms with Crippen LogP contribution in [0.2, 0.25) is 0 Å². The van der Waals surface area contributed by atoms with Gasteiger partial charge in [-0.15, -0.1) is 0 Å². The molecular weight excluding hydrogens is 262 g/mol. The number of hydrazine groups is 1. The number of amides is 1. The normalized spacial score (nSPS) is 26.1. The van der Waals surface area contributed by atoms with Crippen LogP contribution in [0.4, 0.5) is 0 Å². The molecule has 3 rings (SSSR count). The molecule has 1 aromatic rings. The minimum Gasteiger partial charge on any atom is -0.296 e. The number of carbonyl (C=O) groups is 1. The van der Waals surface area contributed by atoms with Crippen LogP contribution in [0.1, 0.15) is 54.4 Å². The van der Waals surface area contributed by atoms with Gasteiger partial charge in [0.15, 0.2) is 0 Å². The topological polar surface area (TPSA) is 58.4 Å². The first-order valence-corrected chi connectivity index (χ1v) is 8.12. The Kier molecular flexibility index (Phi) is 4.56. The zero-order valence-electron chi connectivity index (χ0n) is 12.6. The predicted molar refractivity (Wildman–Crippen MR) is 83.5 cm³/mol. The van der Waals surface area contributed by atoms with Crippen LogP contribution in [0.25, 0.3) is 0 Å². The third kappa shape index (κ3) is 3.27. The molecule has 1 saturated carbocycles. The number of likely N-dealkylation sites (tertiary alicyclic amines) is 1. The van der Waals surface area contributed by atoms with Crippen LogP contribution in [-0.2, 0) is 6.54 Å². The van der Waals surface area contributed by atoms with E-state index >= 15 is 0 Å². The lowest BCUT2D eigenvalue weighted by molar-refractivity contribution is 0.0547. The van der Waals surface area contributed by atoms with E-state index in [2.05, 4.69) is 16.4 Å². The number of benzene rings is 1. The Morgan fingerprint density at radius 1 is 1.24 bits per heavy atom. The van der Waals surface area contributed by atoms with Gasteiger partial charge in [-0.25, -0.2) is 5.84 Å². The van der Waals surface area contributed by atoms with Crippen LogP contribution >= 0.6 is 0 Å². The van der Waals surface area contributed by atoms with E-state index in [1.807, 2.05) is 18.2 Å². The van der Waals surface area contributed by atoms with E-state index in [9.17, 15) is 4.79 Å². The molecule has 0 aromatic heterocycles. The van der Waals surface area contributed by atoms with E-state index in [-0.39, 0.29) is 5.91 Å². The number of carbonyl (C=O) groups excluding carboxylic acids is 1. The lowest BCUT2D eigenvalue weighted by Gasteiger charge is -2.44. The lowest BCUT2D eigenvalue weighted by atomic mass is 9.78.